The second-order valence-corrected chi connectivity index (χ2v) is 42.5. The van der Waals surface area contributed by atoms with Crippen LogP contribution in [0.15, 0.2) is 232 Å². The number of nitrogens with zero attached hydrogens (tertiary/aromatic N) is 17. The summed E-state index contributed by atoms with van der Waals surface area (Å²) in [6, 6.07) is 42.6. The fraction of sp³-hybridized carbons (Fsp3) is 0.345. The Morgan fingerprint density at radius 3 is 1.17 bits per heavy atom. The van der Waals surface area contributed by atoms with E-state index in [1.807, 2.05) is 140 Å². The Hall–Kier alpha value is -10.7. The highest BCUT2D eigenvalue weighted by Gasteiger charge is 2.52. The van der Waals surface area contributed by atoms with Gasteiger partial charge in [-0.05, 0) is 204 Å². The molecule has 40 heteroatoms. The number of benzene rings is 5. The van der Waals surface area contributed by atoms with E-state index in [1.54, 1.807) is 155 Å². The maximum absolute atomic E-state index is 13.9. The van der Waals surface area contributed by atoms with Crippen LogP contribution in [0, 0.1) is 3.70 Å². The number of nitrogens with one attached hydrogen (secondary N) is 4. The van der Waals surface area contributed by atoms with Gasteiger partial charge in [0.15, 0.2) is 11.3 Å². The third-order valence-corrected chi connectivity index (χ3v) is 32.7. The summed E-state index contributed by atoms with van der Waals surface area (Å²) < 4.78 is 160. The van der Waals surface area contributed by atoms with Crippen molar-refractivity contribution < 1.29 is 51.4 Å². The highest BCUT2D eigenvalue weighted by molar-refractivity contribution is 14.1. The van der Waals surface area contributed by atoms with Crippen LogP contribution in [0.4, 0.5) is 17.5 Å². The molecule has 666 valence electrons. The van der Waals surface area contributed by atoms with Gasteiger partial charge in [0.2, 0.25) is 30.1 Å². The minimum Gasteiger partial charge on any atom is -0.399 e. The number of sulfonamides is 3. The summed E-state index contributed by atoms with van der Waals surface area (Å²) in [7, 11) is -13.4. The van der Waals surface area contributed by atoms with Crippen LogP contribution in [0.3, 0.4) is 0 Å². The SMILES string of the molecule is CCc1ccc(S(=O)(=O)NC2CCN(c3ncnc4[nH]c(-c5cnn(C)c5)cc34)CC2)cc1.CCc1ccc(S(=O)(=O)NC2CCN(c3ncnc4c3cc(-c3cnn(C)c3)n4S(=O)(=O)c3ccccc3)CC2)cc1.CCc1ccc(S(=O)(=O)NC2CCN(c3ncnc4c3cc(I)n4S(=O)(=O)c3ccccc3)CC2)cc1.Cn1cc(B2OC(C)(C)C(C)(C)O2)cn1. The molecule has 4 aliphatic rings. The van der Waals surface area contributed by atoms with Crippen LogP contribution in [0.2, 0.25) is 0 Å². The molecule has 0 unspecified atom stereocenters. The molecule has 4 N–H and O–H groups in total. The number of rotatable bonds is 22. The summed E-state index contributed by atoms with van der Waals surface area (Å²) in [5, 5.41) is 14.8. The van der Waals surface area contributed by atoms with Gasteiger partial charge in [0, 0.05) is 120 Å². The summed E-state index contributed by atoms with van der Waals surface area (Å²) in [5.74, 6) is 2.10. The third kappa shape index (κ3) is 20.0. The third-order valence-electron chi connectivity index (χ3n) is 23.5. The monoisotopic (exact) mass is 1930 g/mol. The van der Waals surface area contributed by atoms with Gasteiger partial charge in [0.1, 0.15) is 42.1 Å². The number of aromatic nitrogens is 15. The summed E-state index contributed by atoms with van der Waals surface area (Å²) in [5.41, 5.74) is 8.03. The van der Waals surface area contributed by atoms with Crippen LogP contribution >= 0.6 is 22.6 Å². The molecule has 0 saturated carbocycles. The first kappa shape index (κ1) is 91.1. The molecule has 0 spiro atoms. The molecule has 0 aliphatic carbocycles. The molecule has 18 rings (SSSR count). The number of H-pyrrole nitrogens is 1. The zero-order valence-corrected chi connectivity index (χ0v) is 78.2. The molecule has 4 saturated heterocycles. The van der Waals surface area contributed by atoms with E-state index in [2.05, 4.69) is 85.1 Å². The van der Waals surface area contributed by atoms with E-state index in [0.717, 1.165) is 69.5 Å². The largest absolute Gasteiger partial charge is 0.498 e. The van der Waals surface area contributed by atoms with Crippen molar-refractivity contribution in [2.24, 2.45) is 21.1 Å². The Labute approximate surface area is 753 Å². The van der Waals surface area contributed by atoms with Gasteiger partial charge in [-0.15, -0.1) is 0 Å². The minimum atomic E-state index is -4.01. The lowest BCUT2D eigenvalue weighted by Crippen LogP contribution is -2.44. The van der Waals surface area contributed by atoms with E-state index in [9.17, 15) is 42.1 Å². The number of fused-ring (bicyclic) bond motifs is 3. The standard InChI is InChI=1S/C29H31N7O4S2.C25H26IN5O4S2.C23H27N7O2S.C10H17BN2O2/c1-3-21-9-11-24(12-10-21)41(37,38)33-23-13-15-35(16-14-23)28-26-17-27(22-18-32-34(2)19-22)36(29(26)31-20-30-28)42(39,40)25-7-5-4-6-8-25;1-2-18-8-10-20(11-9-18)36(32,33)29-19-12-14-30(15-13-19)24-22-16-23(26)31(25(22)28-17-27-24)37(34,35)21-6-4-3-5-7-21;1-3-16-4-6-19(7-5-16)33(31,32)28-18-8-10-30(11-9-18)23-20-12-21(17-13-26-29(2)14-17)27-22(20)24-15-25-23;1-9(2)10(3,4)15-11(14-9)8-6-12-13(5)7-8/h4-12,17-20,23,33H,3,13-16H2,1-2H3;3-11,16-17,19,29H,2,12-15H2,1H3;4-7,12-15,18,28H,3,8-11H2,1-2H3,(H,24,25,27);6-7H,1-5H3. The lowest BCUT2D eigenvalue weighted by molar-refractivity contribution is 0.00578. The predicted molar refractivity (Wildman–Crippen MR) is 497 cm³/mol. The molecule has 4 aliphatic heterocycles. The number of aromatic amines is 1. The van der Waals surface area contributed by atoms with Gasteiger partial charge in [0.25, 0.3) is 20.0 Å². The van der Waals surface area contributed by atoms with Gasteiger partial charge in [-0.3, -0.25) is 14.0 Å². The molecule has 13 heterocycles. The van der Waals surface area contributed by atoms with Gasteiger partial charge in [-0.1, -0.05) is 93.6 Å². The Morgan fingerprint density at radius 2 is 0.787 bits per heavy atom. The maximum atomic E-state index is 13.9. The summed E-state index contributed by atoms with van der Waals surface area (Å²) in [4.78, 5) is 37.5. The summed E-state index contributed by atoms with van der Waals surface area (Å²) >= 11 is 2.00. The smallest absolute Gasteiger partial charge is 0.399 e. The van der Waals surface area contributed by atoms with Crippen LogP contribution in [0.1, 0.15) is 104 Å². The number of halogens is 1. The molecule has 9 aromatic heterocycles. The van der Waals surface area contributed by atoms with Crippen LogP contribution in [0.25, 0.3) is 55.6 Å². The van der Waals surface area contributed by atoms with Gasteiger partial charge in [-0.25, -0.2) is 94.1 Å². The van der Waals surface area contributed by atoms with E-state index < -0.39 is 50.1 Å². The molecule has 0 atom stereocenters. The Kier molecular flexibility index (Phi) is 26.9. The number of hydrogen-bond donors (Lipinski definition) is 4. The summed E-state index contributed by atoms with van der Waals surface area (Å²) in [6.07, 6.45) is 21.5. The molecule has 0 radical (unpaired) electrons. The first-order valence-corrected chi connectivity index (χ1v) is 50.3. The lowest BCUT2D eigenvalue weighted by atomic mass is 9.82. The first-order valence-electron chi connectivity index (χ1n) is 41.9. The van der Waals surface area contributed by atoms with Gasteiger partial charge in [-0.2, -0.15) is 15.3 Å². The second-order valence-electron chi connectivity index (χ2n) is 32.7. The van der Waals surface area contributed by atoms with Gasteiger partial charge in [0.05, 0.1) is 79.3 Å². The minimum absolute atomic E-state index is 0.105. The van der Waals surface area contributed by atoms with E-state index in [4.69, 9.17) is 9.31 Å². The van der Waals surface area contributed by atoms with E-state index in [-0.39, 0.29) is 61.7 Å². The Morgan fingerprint density at radius 1 is 0.425 bits per heavy atom. The van der Waals surface area contributed by atoms with Crippen molar-refractivity contribution in [2.45, 2.75) is 160 Å². The number of anilines is 3. The fourth-order valence-electron chi connectivity index (χ4n) is 15.7. The second kappa shape index (κ2) is 37.6. The molecule has 5 aromatic carbocycles. The van der Waals surface area contributed by atoms with Crippen LogP contribution in [-0.2, 0) is 99.8 Å². The predicted octanol–water partition coefficient (Wildman–Crippen LogP) is 10.9. The molecule has 0 bridgehead atoms. The number of hydrogen-bond acceptors (Lipinski definition) is 24. The van der Waals surface area contributed by atoms with Crippen molar-refractivity contribution in [3.8, 4) is 22.5 Å². The maximum Gasteiger partial charge on any atom is 0.498 e. The number of aryl methyl sites for hydroxylation is 6. The lowest BCUT2D eigenvalue weighted by Gasteiger charge is -2.33. The van der Waals surface area contributed by atoms with E-state index in [1.165, 1.54) is 20.6 Å². The fourth-order valence-corrected chi connectivity index (χ4v) is 23.8. The van der Waals surface area contributed by atoms with Crippen molar-refractivity contribution in [3.63, 3.8) is 0 Å². The van der Waals surface area contributed by atoms with Crippen molar-refractivity contribution >= 4 is 136 Å². The van der Waals surface area contributed by atoms with Crippen LogP contribution < -0.4 is 34.3 Å². The van der Waals surface area contributed by atoms with Crippen molar-refractivity contribution in [3.05, 3.63) is 228 Å². The van der Waals surface area contributed by atoms with Crippen LogP contribution in [0.5, 0.6) is 0 Å². The highest BCUT2D eigenvalue weighted by Crippen LogP contribution is 2.40. The summed E-state index contributed by atoms with van der Waals surface area (Å²) in [6.45, 7) is 17.9. The normalized spacial score (nSPS) is 16.2. The Bertz CT molecular complexity index is 6840. The molecule has 33 nitrogen and oxygen atoms in total. The number of piperidine rings is 3. The molecular weight excluding hydrogens is 1830 g/mol. The van der Waals surface area contributed by atoms with Gasteiger partial charge < -0.3 is 29.0 Å². The zero-order valence-electron chi connectivity index (χ0n) is 72.0. The Balaban J connectivity index is 0.000000136. The van der Waals surface area contributed by atoms with E-state index in [0.29, 0.717) is 126 Å². The van der Waals surface area contributed by atoms with Gasteiger partial charge >= 0.3 is 7.12 Å². The zero-order chi connectivity index (χ0) is 90.0. The van der Waals surface area contributed by atoms with Crippen molar-refractivity contribution in [1.82, 2.24) is 86.3 Å². The average molecular weight is 1930 g/mol. The quantitative estimate of drug-likeness (QED) is 0.0362. The molecule has 0 amide bonds. The topological polar surface area (TPSA) is 391 Å². The average Bonchev–Trinajstić information content (AvgIpc) is 1.60. The molecule has 4 fully saturated rings. The highest BCUT2D eigenvalue weighted by atomic mass is 127. The molecule has 14 aromatic rings. The van der Waals surface area contributed by atoms with Crippen LogP contribution in [-0.4, -0.2) is 190 Å². The van der Waals surface area contributed by atoms with E-state index >= 15 is 0 Å². The van der Waals surface area contributed by atoms with Crippen molar-refractivity contribution in [2.75, 3.05) is 54.0 Å². The molecular formula is C87H101BIN21O12S5. The molecule has 127 heavy (non-hydrogen) atoms. The van der Waals surface area contributed by atoms with Crippen molar-refractivity contribution in [1.29, 1.82) is 0 Å². The first-order chi connectivity index (χ1) is 60.6.